The lowest BCUT2D eigenvalue weighted by Crippen LogP contribution is -2.17. The molecule has 1 N–H and O–H groups in total. The van der Waals surface area contributed by atoms with Gasteiger partial charge in [-0.3, -0.25) is 0 Å². The van der Waals surface area contributed by atoms with Crippen molar-refractivity contribution in [3.05, 3.63) is 71.8 Å². The number of benzene rings is 2. The highest BCUT2D eigenvalue weighted by Gasteiger charge is 2.26. The first-order valence-corrected chi connectivity index (χ1v) is 9.37. The summed E-state index contributed by atoms with van der Waals surface area (Å²) in [7, 11) is 0. The van der Waals surface area contributed by atoms with Gasteiger partial charge in [0.2, 0.25) is 11.0 Å². The summed E-state index contributed by atoms with van der Waals surface area (Å²) >= 11 is 7.61. The molecule has 5 nitrogen and oxygen atoms in total. The van der Waals surface area contributed by atoms with Crippen molar-refractivity contribution in [1.82, 2.24) is 15.2 Å². The molecule has 3 aromatic rings. The number of thioether (sulfide) groups is 1. The Kier molecular flexibility index (Phi) is 4.77. The molecule has 0 radical (unpaired) electrons. The van der Waals surface area contributed by atoms with Crippen LogP contribution < -0.4 is 10.1 Å². The Morgan fingerprint density at radius 3 is 2.92 bits per heavy atom. The molecule has 1 aliphatic heterocycles. The van der Waals surface area contributed by atoms with Crippen LogP contribution in [0.3, 0.4) is 0 Å². The molecule has 4 rings (SSSR count). The molecular formula is C19H15ClN4OS. The number of fused-ring (bicyclic) bond motifs is 3. The van der Waals surface area contributed by atoms with Crippen molar-refractivity contribution in [2.45, 2.75) is 11.4 Å². The zero-order chi connectivity index (χ0) is 17.9. The van der Waals surface area contributed by atoms with Gasteiger partial charge in [-0.05, 0) is 18.2 Å². The molecule has 0 amide bonds. The SMILES string of the molecule is C=CCSc1nnc2c(n1)O[C@H](c1cccc(Cl)c1)Nc1ccccc1-2. The largest absolute Gasteiger partial charge is 0.448 e. The van der Waals surface area contributed by atoms with Gasteiger partial charge in [-0.25, -0.2) is 0 Å². The highest BCUT2D eigenvalue weighted by molar-refractivity contribution is 7.99. The Balaban J connectivity index is 1.80. The third-order valence-electron chi connectivity index (χ3n) is 3.82. The number of para-hydroxylation sites is 1. The van der Waals surface area contributed by atoms with Gasteiger partial charge >= 0.3 is 0 Å². The number of anilines is 1. The third-order valence-corrected chi connectivity index (χ3v) is 4.88. The van der Waals surface area contributed by atoms with Crippen molar-refractivity contribution < 1.29 is 4.74 Å². The van der Waals surface area contributed by atoms with Gasteiger partial charge in [-0.1, -0.05) is 59.8 Å². The summed E-state index contributed by atoms with van der Waals surface area (Å²) in [4.78, 5) is 4.55. The van der Waals surface area contributed by atoms with Crippen molar-refractivity contribution >= 4 is 29.1 Å². The normalized spacial score (nSPS) is 15.0. The summed E-state index contributed by atoms with van der Waals surface area (Å²) in [5, 5.41) is 13.2. The predicted octanol–water partition coefficient (Wildman–Crippen LogP) is 4.97. The average molecular weight is 383 g/mol. The first-order valence-electron chi connectivity index (χ1n) is 8.01. The van der Waals surface area contributed by atoms with Gasteiger partial charge in [0.25, 0.3) is 0 Å². The molecular weight excluding hydrogens is 368 g/mol. The molecule has 0 bridgehead atoms. The number of nitrogens with zero attached hydrogens (tertiary/aromatic N) is 3. The summed E-state index contributed by atoms with van der Waals surface area (Å²) in [6, 6.07) is 15.4. The predicted molar refractivity (Wildman–Crippen MR) is 105 cm³/mol. The van der Waals surface area contributed by atoms with Crippen LogP contribution in [0.25, 0.3) is 11.3 Å². The molecule has 0 saturated heterocycles. The van der Waals surface area contributed by atoms with E-state index in [4.69, 9.17) is 16.3 Å². The minimum Gasteiger partial charge on any atom is -0.448 e. The van der Waals surface area contributed by atoms with E-state index in [0.717, 1.165) is 16.8 Å². The molecule has 0 aliphatic carbocycles. The fourth-order valence-electron chi connectivity index (χ4n) is 2.66. The van der Waals surface area contributed by atoms with E-state index in [2.05, 4.69) is 27.1 Å². The standard InChI is InChI=1S/C19H15ClN4OS/c1-2-10-26-19-22-18-16(23-24-19)14-8-3-4-9-15(14)21-17(25-18)12-6-5-7-13(20)11-12/h2-9,11,17,21H,1,10H2/t17-/m1/s1. The van der Waals surface area contributed by atoms with E-state index < -0.39 is 6.23 Å². The fraction of sp³-hybridized carbons (Fsp3) is 0.105. The van der Waals surface area contributed by atoms with Crippen molar-refractivity contribution in [3.63, 3.8) is 0 Å². The summed E-state index contributed by atoms with van der Waals surface area (Å²) in [6.45, 7) is 3.72. The number of ether oxygens (including phenoxy) is 1. The number of nitrogens with one attached hydrogen (secondary N) is 1. The maximum absolute atomic E-state index is 6.18. The molecule has 0 fully saturated rings. The molecule has 2 aromatic carbocycles. The zero-order valence-corrected chi connectivity index (χ0v) is 15.3. The fourth-order valence-corrected chi connectivity index (χ4v) is 3.37. The monoisotopic (exact) mass is 382 g/mol. The number of aromatic nitrogens is 3. The summed E-state index contributed by atoms with van der Waals surface area (Å²) in [5.41, 5.74) is 3.31. The van der Waals surface area contributed by atoms with Crippen LogP contribution in [-0.4, -0.2) is 20.9 Å². The maximum Gasteiger partial charge on any atom is 0.247 e. The minimum atomic E-state index is -0.440. The Morgan fingerprint density at radius 2 is 2.08 bits per heavy atom. The molecule has 26 heavy (non-hydrogen) atoms. The van der Waals surface area contributed by atoms with Gasteiger partial charge in [-0.2, -0.15) is 4.98 Å². The molecule has 1 aliphatic rings. The van der Waals surface area contributed by atoms with E-state index in [-0.39, 0.29) is 0 Å². The van der Waals surface area contributed by atoms with E-state index >= 15 is 0 Å². The Bertz CT molecular complexity index is 966. The molecule has 0 saturated carbocycles. The van der Waals surface area contributed by atoms with Gasteiger partial charge in [0.1, 0.15) is 0 Å². The van der Waals surface area contributed by atoms with Crippen LogP contribution in [0.2, 0.25) is 5.02 Å². The zero-order valence-electron chi connectivity index (χ0n) is 13.7. The molecule has 2 heterocycles. The molecule has 7 heteroatoms. The van der Waals surface area contributed by atoms with Crippen molar-refractivity contribution in [3.8, 4) is 17.1 Å². The molecule has 1 atom stereocenters. The molecule has 0 spiro atoms. The smallest absolute Gasteiger partial charge is 0.247 e. The van der Waals surface area contributed by atoms with E-state index in [1.165, 1.54) is 11.8 Å². The average Bonchev–Trinajstić information content (AvgIpc) is 2.83. The van der Waals surface area contributed by atoms with Gasteiger partial charge in [0.15, 0.2) is 11.9 Å². The Morgan fingerprint density at radius 1 is 1.19 bits per heavy atom. The van der Waals surface area contributed by atoms with Crippen LogP contribution in [0.5, 0.6) is 5.88 Å². The lowest BCUT2D eigenvalue weighted by atomic mass is 10.1. The van der Waals surface area contributed by atoms with Crippen LogP contribution in [0.1, 0.15) is 11.8 Å². The quantitative estimate of drug-likeness (QED) is 0.507. The maximum atomic E-state index is 6.18. The van der Waals surface area contributed by atoms with Crippen LogP contribution >= 0.6 is 23.4 Å². The van der Waals surface area contributed by atoms with Crippen LogP contribution in [0.4, 0.5) is 5.69 Å². The molecule has 130 valence electrons. The van der Waals surface area contributed by atoms with E-state index in [9.17, 15) is 0 Å². The summed E-state index contributed by atoms with van der Waals surface area (Å²) in [6.07, 6.45) is 1.36. The second-order valence-corrected chi connectivity index (χ2v) is 7.01. The highest BCUT2D eigenvalue weighted by Crippen LogP contribution is 2.39. The van der Waals surface area contributed by atoms with Gasteiger partial charge in [0, 0.05) is 27.6 Å². The third kappa shape index (κ3) is 3.38. The van der Waals surface area contributed by atoms with E-state index in [0.29, 0.717) is 27.5 Å². The number of hydrogen-bond acceptors (Lipinski definition) is 6. The second kappa shape index (κ2) is 7.35. The molecule has 1 aromatic heterocycles. The van der Waals surface area contributed by atoms with E-state index in [1.807, 2.05) is 48.5 Å². The molecule has 0 unspecified atom stereocenters. The topological polar surface area (TPSA) is 59.9 Å². The van der Waals surface area contributed by atoms with E-state index in [1.54, 1.807) is 6.08 Å². The Hall–Kier alpha value is -2.57. The number of hydrogen-bond donors (Lipinski definition) is 1. The van der Waals surface area contributed by atoms with Crippen LogP contribution in [0.15, 0.2) is 66.3 Å². The van der Waals surface area contributed by atoms with Gasteiger partial charge in [-0.15, -0.1) is 16.8 Å². The van der Waals surface area contributed by atoms with Crippen LogP contribution in [-0.2, 0) is 0 Å². The van der Waals surface area contributed by atoms with Crippen molar-refractivity contribution in [2.75, 3.05) is 11.1 Å². The first kappa shape index (κ1) is 16.9. The van der Waals surface area contributed by atoms with Crippen molar-refractivity contribution in [2.24, 2.45) is 0 Å². The van der Waals surface area contributed by atoms with Crippen molar-refractivity contribution in [1.29, 1.82) is 0 Å². The lowest BCUT2D eigenvalue weighted by molar-refractivity contribution is 0.225. The minimum absolute atomic E-state index is 0.439. The Labute approximate surface area is 160 Å². The number of halogens is 1. The summed E-state index contributed by atoms with van der Waals surface area (Å²) in [5.74, 6) is 1.14. The van der Waals surface area contributed by atoms with Gasteiger partial charge < -0.3 is 10.1 Å². The highest BCUT2D eigenvalue weighted by atomic mass is 35.5. The lowest BCUT2D eigenvalue weighted by Gasteiger charge is -2.19. The number of rotatable bonds is 4. The van der Waals surface area contributed by atoms with Gasteiger partial charge in [0.05, 0.1) is 0 Å². The van der Waals surface area contributed by atoms with Crippen LogP contribution in [0, 0.1) is 0 Å². The summed E-state index contributed by atoms with van der Waals surface area (Å²) < 4.78 is 6.18. The first-order chi connectivity index (χ1) is 12.7. The second-order valence-electron chi connectivity index (χ2n) is 5.59.